The van der Waals surface area contributed by atoms with Crippen molar-refractivity contribution in [1.29, 1.82) is 0 Å². The Bertz CT molecular complexity index is 1190. The van der Waals surface area contributed by atoms with Gasteiger partial charge in [-0.2, -0.15) is 0 Å². The van der Waals surface area contributed by atoms with Gasteiger partial charge in [-0.05, 0) is 61.4 Å². The number of pyridine rings is 1. The number of rotatable bonds is 7. The molecule has 9 heteroatoms. The standard InChI is InChI=1S/C21H21N3O5S/c1-13-10-19(14(2)9-18(13)28-3)30(26,27)24-16-7-8-20(23-12-16)29-17-6-4-5-15(11-17)21(22)25/h4-12,24H,1-3H3,(H2,22,25). The predicted molar refractivity (Wildman–Crippen MR) is 113 cm³/mol. The van der Waals surface area contributed by atoms with Gasteiger partial charge in [0.2, 0.25) is 11.8 Å². The summed E-state index contributed by atoms with van der Waals surface area (Å²) >= 11 is 0. The van der Waals surface area contributed by atoms with E-state index in [2.05, 4.69) is 9.71 Å². The zero-order valence-corrected chi connectivity index (χ0v) is 17.5. The lowest BCUT2D eigenvalue weighted by molar-refractivity contribution is 0.1000. The van der Waals surface area contributed by atoms with Gasteiger partial charge in [-0.3, -0.25) is 9.52 Å². The molecule has 0 saturated heterocycles. The van der Waals surface area contributed by atoms with Crippen LogP contribution in [-0.4, -0.2) is 26.4 Å². The third-order valence-electron chi connectivity index (χ3n) is 4.31. The molecule has 1 heterocycles. The Balaban J connectivity index is 1.78. The van der Waals surface area contributed by atoms with Crippen molar-refractivity contribution in [2.45, 2.75) is 18.7 Å². The summed E-state index contributed by atoms with van der Waals surface area (Å²) < 4.78 is 38.9. The van der Waals surface area contributed by atoms with Gasteiger partial charge >= 0.3 is 0 Å². The van der Waals surface area contributed by atoms with Crippen LogP contribution in [0.1, 0.15) is 21.5 Å². The molecule has 1 aromatic heterocycles. The summed E-state index contributed by atoms with van der Waals surface area (Å²) in [5.74, 6) is 0.671. The fourth-order valence-electron chi connectivity index (χ4n) is 2.82. The van der Waals surface area contributed by atoms with Crippen LogP contribution in [0.2, 0.25) is 0 Å². The van der Waals surface area contributed by atoms with Gasteiger partial charge in [-0.15, -0.1) is 0 Å². The lowest BCUT2D eigenvalue weighted by atomic mass is 10.1. The average Bonchev–Trinajstić information content (AvgIpc) is 2.70. The molecule has 3 aromatic rings. The van der Waals surface area contributed by atoms with Gasteiger partial charge in [0.1, 0.15) is 11.5 Å². The number of hydrogen-bond acceptors (Lipinski definition) is 6. The number of sulfonamides is 1. The molecule has 0 spiro atoms. The lowest BCUT2D eigenvalue weighted by Gasteiger charge is -2.13. The zero-order valence-electron chi connectivity index (χ0n) is 16.7. The van der Waals surface area contributed by atoms with Crippen molar-refractivity contribution in [2.75, 3.05) is 11.8 Å². The Morgan fingerprint density at radius 2 is 1.83 bits per heavy atom. The Morgan fingerprint density at radius 1 is 1.07 bits per heavy atom. The molecule has 0 aliphatic carbocycles. The van der Waals surface area contributed by atoms with Crippen LogP contribution in [0.4, 0.5) is 5.69 Å². The first-order valence-corrected chi connectivity index (χ1v) is 10.4. The second kappa shape index (κ2) is 8.42. The maximum atomic E-state index is 12.8. The summed E-state index contributed by atoms with van der Waals surface area (Å²) in [5.41, 5.74) is 7.12. The number of primary amides is 1. The Kier molecular flexibility index (Phi) is 5.93. The molecule has 0 radical (unpaired) electrons. The van der Waals surface area contributed by atoms with Crippen LogP contribution in [0.25, 0.3) is 0 Å². The van der Waals surface area contributed by atoms with E-state index in [1.165, 1.54) is 31.5 Å². The van der Waals surface area contributed by atoms with Crippen molar-refractivity contribution in [3.05, 3.63) is 71.4 Å². The number of nitrogens with one attached hydrogen (secondary N) is 1. The molecule has 3 rings (SSSR count). The van der Waals surface area contributed by atoms with Crippen LogP contribution in [0.5, 0.6) is 17.4 Å². The fourth-order valence-corrected chi connectivity index (χ4v) is 4.17. The SMILES string of the molecule is COc1cc(C)c(S(=O)(=O)Nc2ccc(Oc3cccc(C(N)=O)c3)nc2)cc1C. The van der Waals surface area contributed by atoms with Gasteiger partial charge in [0.25, 0.3) is 10.0 Å². The topological polar surface area (TPSA) is 121 Å². The fraction of sp³-hybridized carbons (Fsp3) is 0.143. The maximum absolute atomic E-state index is 12.8. The normalized spacial score (nSPS) is 11.0. The number of methoxy groups -OCH3 is 1. The first-order chi connectivity index (χ1) is 14.2. The molecule has 0 fully saturated rings. The number of aryl methyl sites for hydroxylation is 2. The third-order valence-corrected chi connectivity index (χ3v) is 5.83. The van der Waals surface area contributed by atoms with Crippen molar-refractivity contribution < 1.29 is 22.7 Å². The Labute approximate surface area is 174 Å². The van der Waals surface area contributed by atoms with Crippen LogP contribution in [0.15, 0.2) is 59.6 Å². The van der Waals surface area contributed by atoms with E-state index < -0.39 is 15.9 Å². The third kappa shape index (κ3) is 4.69. The summed E-state index contributed by atoms with van der Waals surface area (Å²) in [4.78, 5) is 15.5. The summed E-state index contributed by atoms with van der Waals surface area (Å²) in [6.45, 7) is 3.48. The number of nitrogens with zero attached hydrogens (tertiary/aromatic N) is 1. The molecule has 0 aliphatic rings. The van der Waals surface area contributed by atoms with Gasteiger partial charge < -0.3 is 15.2 Å². The van der Waals surface area contributed by atoms with Crippen molar-refractivity contribution in [1.82, 2.24) is 4.98 Å². The first kappa shape index (κ1) is 21.1. The van der Waals surface area contributed by atoms with Crippen molar-refractivity contribution in [2.24, 2.45) is 5.73 Å². The minimum absolute atomic E-state index is 0.157. The van der Waals surface area contributed by atoms with Crippen molar-refractivity contribution in [3.8, 4) is 17.4 Å². The van der Waals surface area contributed by atoms with Crippen LogP contribution >= 0.6 is 0 Å². The highest BCUT2D eigenvalue weighted by molar-refractivity contribution is 7.92. The van der Waals surface area contributed by atoms with Crippen LogP contribution in [0, 0.1) is 13.8 Å². The lowest BCUT2D eigenvalue weighted by Crippen LogP contribution is -2.15. The number of carbonyl (C=O) groups is 1. The zero-order chi connectivity index (χ0) is 21.9. The van der Waals surface area contributed by atoms with Crippen LogP contribution in [0.3, 0.4) is 0 Å². The van der Waals surface area contributed by atoms with E-state index >= 15 is 0 Å². The molecule has 30 heavy (non-hydrogen) atoms. The largest absolute Gasteiger partial charge is 0.496 e. The monoisotopic (exact) mass is 427 g/mol. The van der Waals surface area contributed by atoms with Gasteiger partial charge in [0.05, 0.1) is 23.9 Å². The van der Waals surface area contributed by atoms with E-state index in [-0.39, 0.29) is 16.5 Å². The van der Waals surface area contributed by atoms with Crippen LogP contribution in [-0.2, 0) is 10.0 Å². The molecular formula is C21H21N3O5S. The van der Waals surface area contributed by atoms with Gasteiger partial charge in [0.15, 0.2) is 0 Å². The molecular weight excluding hydrogens is 406 g/mol. The number of hydrogen-bond donors (Lipinski definition) is 2. The number of amides is 1. The van der Waals surface area contributed by atoms with E-state index in [0.717, 1.165) is 0 Å². The highest BCUT2D eigenvalue weighted by atomic mass is 32.2. The van der Waals surface area contributed by atoms with Gasteiger partial charge in [0, 0.05) is 11.6 Å². The number of carbonyl (C=O) groups excluding carboxylic acids is 1. The number of benzene rings is 2. The first-order valence-electron chi connectivity index (χ1n) is 8.91. The predicted octanol–water partition coefficient (Wildman–Crippen LogP) is 3.40. The maximum Gasteiger partial charge on any atom is 0.262 e. The minimum atomic E-state index is -3.82. The number of nitrogens with two attached hydrogens (primary N) is 1. The van der Waals surface area contributed by atoms with E-state index in [9.17, 15) is 13.2 Å². The van der Waals surface area contributed by atoms with E-state index in [1.54, 1.807) is 44.2 Å². The van der Waals surface area contributed by atoms with E-state index in [0.29, 0.717) is 28.2 Å². The Hall–Kier alpha value is -3.59. The molecule has 0 saturated carbocycles. The van der Waals surface area contributed by atoms with Crippen molar-refractivity contribution in [3.63, 3.8) is 0 Å². The molecule has 0 aliphatic heterocycles. The minimum Gasteiger partial charge on any atom is -0.496 e. The molecule has 1 amide bonds. The summed E-state index contributed by atoms with van der Waals surface area (Å²) in [6, 6.07) is 12.6. The second-order valence-electron chi connectivity index (χ2n) is 6.57. The summed E-state index contributed by atoms with van der Waals surface area (Å²) in [6.07, 6.45) is 1.34. The summed E-state index contributed by atoms with van der Waals surface area (Å²) in [5, 5.41) is 0. The molecule has 0 bridgehead atoms. The number of anilines is 1. The second-order valence-corrected chi connectivity index (χ2v) is 8.22. The number of ether oxygens (including phenoxy) is 2. The average molecular weight is 427 g/mol. The smallest absolute Gasteiger partial charge is 0.262 e. The molecule has 0 atom stereocenters. The van der Waals surface area contributed by atoms with Crippen LogP contribution < -0.4 is 19.9 Å². The number of aromatic nitrogens is 1. The van der Waals surface area contributed by atoms with Crippen molar-refractivity contribution >= 4 is 21.6 Å². The van der Waals surface area contributed by atoms with E-state index in [1.807, 2.05) is 0 Å². The molecule has 0 unspecified atom stereocenters. The summed E-state index contributed by atoms with van der Waals surface area (Å²) in [7, 11) is -2.28. The highest BCUT2D eigenvalue weighted by Gasteiger charge is 2.19. The molecule has 3 N–H and O–H groups in total. The Morgan fingerprint density at radius 3 is 2.47 bits per heavy atom. The molecule has 2 aromatic carbocycles. The van der Waals surface area contributed by atoms with Gasteiger partial charge in [-0.1, -0.05) is 6.07 Å². The molecule has 8 nitrogen and oxygen atoms in total. The van der Waals surface area contributed by atoms with E-state index in [4.69, 9.17) is 15.2 Å². The highest BCUT2D eigenvalue weighted by Crippen LogP contribution is 2.27. The molecule has 156 valence electrons. The quantitative estimate of drug-likeness (QED) is 0.596. The van der Waals surface area contributed by atoms with Gasteiger partial charge in [-0.25, -0.2) is 13.4 Å².